The fraction of sp³-hybridized carbons (Fsp3) is 0.500. The Kier molecular flexibility index (Phi) is 3.88. The molecule has 1 unspecified atom stereocenters. The molecule has 88 valence electrons. The van der Waals surface area contributed by atoms with Gasteiger partial charge in [0.15, 0.2) is 0 Å². The summed E-state index contributed by atoms with van der Waals surface area (Å²) < 4.78 is 0. The topological polar surface area (TPSA) is 53.4 Å². The number of hydrogen-bond acceptors (Lipinski definition) is 3. The van der Waals surface area contributed by atoms with Gasteiger partial charge in [-0.1, -0.05) is 6.92 Å². The maximum atomic E-state index is 11.1. The molecule has 1 atom stereocenters. The molecule has 1 aromatic rings. The number of rotatable bonds is 4. The van der Waals surface area contributed by atoms with Crippen LogP contribution in [0.25, 0.3) is 0 Å². The summed E-state index contributed by atoms with van der Waals surface area (Å²) >= 11 is 0. The SMILES string of the molecule is CCC(C)N(C)c1nc(C)ccc1C(=O)O. The van der Waals surface area contributed by atoms with Crippen LogP contribution in [0.15, 0.2) is 12.1 Å². The molecule has 0 fully saturated rings. The highest BCUT2D eigenvalue weighted by molar-refractivity contribution is 5.93. The van der Waals surface area contributed by atoms with Crippen molar-refractivity contribution >= 4 is 11.8 Å². The maximum absolute atomic E-state index is 11.1. The van der Waals surface area contributed by atoms with Gasteiger partial charge < -0.3 is 10.0 Å². The van der Waals surface area contributed by atoms with Crippen molar-refractivity contribution < 1.29 is 9.90 Å². The Morgan fingerprint density at radius 2 is 2.19 bits per heavy atom. The van der Waals surface area contributed by atoms with Crippen LogP contribution in [0.3, 0.4) is 0 Å². The van der Waals surface area contributed by atoms with Crippen molar-refractivity contribution in [3.63, 3.8) is 0 Å². The van der Waals surface area contributed by atoms with Crippen LogP contribution < -0.4 is 4.90 Å². The van der Waals surface area contributed by atoms with Crippen molar-refractivity contribution in [3.05, 3.63) is 23.4 Å². The van der Waals surface area contributed by atoms with Gasteiger partial charge in [-0.3, -0.25) is 0 Å². The van der Waals surface area contributed by atoms with Crippen molar-refractivity contribution in [1.82, 2.24) is 4.98 Å². The first-order valence-electron chi connectivity index (χ1n) is 5.41. The number of nitrogens with zero attached hydrogens (tertiary/aromatic N) is 2. The van der Waals surface area contributed by atoms with Gasteiger partial charge in [0.05, 0.1) is 0 Å². The Morgan fingerprint density at radius 1 is 1.56 bits per heavy atom. The number of pyridine rings is 1. The van der Waals surface area contributed by atoms with Gasteiger partial charge in [0.25, 0.3) is 0 Å². The Balaban J connectivity index is 3.19. The van der Waals surface area contributed by atoms with Gasteiger partial charge in [-0.05, 0) is 32.4 Å². The molecule has 4 heteroatoms. The van der Waals surface area contributed by atoms with Gasteiger partial charge in [-0.2, -0.15) is 0 Å². The molecule has 4 nitrogen and oxygen atoms in total. The third kappa shape index (κ3) is 2.51. The molecule has 0 aliphatic carbocycles. The Bertz CT molecular complexity index is 391. The minimum Gasteiger partial charge on any atom is -0.478 e. The fourth-order valence-electron chi connectivity index (χ4n) is 1.46. The zero-order chi connectivity index (χ0) is 12.3. The number of aromatic nitrogens is 1. The van der Waals surface area contributed by atoms with Crippen LogP contribution in [0, 0.1) is 6.92 Å². The molecule has 1 heterocycles. The monoisotopic (exact) mass is 222 g/mol. The van der Waals surface area contributed by atoms with Crippen LogP contribution in [0.4, 0.5) is 5.82 Å². The fourth-order valence-corrected chi connectivity index (χ4v) is 1.46. The molecule has 0 bridgehead atoms. The summed E-state index contributed by atoms with van der Waals surface area (Å²) in [4.78, 5) is 17.3. The van der Waals surface area contributed by atoms with E-state index < -0.39 is 5.97 Å². The smallest absolute Gasteiger partial charge is 0.339 e. The van der Waals surface area contributed by atoms with Gasteiger partial charge in [-0.15, -0.1) is 0 Å². The minimum absolute atomic E-state index is 0.258. The molecule has 0 aromatic carbocycles. The average Bonchev–Trinajstić information content (AvgIpc) is 2.26. The number of hydrogen-bond donors (Lipinski definition) is 1. The van der Waals surface area contributed by atoms with Crippen molar-refractivity contribution in [2.24, 2.45) is 0 Å². The van der Waals surface area contributed by atoms with E-state index in [9.17, 15) is 4.79 Å². The lowest BCUT2D eigenvalue weighted by Crippen LogP contribution is -2.30. The number of carbonyl (C=O) groups is 1. The van der Waals surface area contributed by atoms with E-state index >= 15 is 0 Å². The van der Waals surface area contributed by atoms with E-state index in [0.29, 0.717) is 5.82 Å². The molecule has 0 saturated carbocycles. The zero-order valence-corrected chi connectivity index (χ0v) is 10.2. The Labute approximate surface area is 95.9 Å². The highest BCUT2D eigenvalue weighted by atomic mass is 16.4. The van der Waals surface area contributed by atoms with Gasteiger partial charge in [-0.25, -0.2) is 9.78 Å². The molecule has 1 aromatic heterocycles. The summed E-state index contributed by atoms with van der Waals surface area (Å²) in [5.41, 5.74) is 1.09. The van der Waals surface area contributed by atoms with Crippen LogP contribution in [0.2, 0.25) is 0 Å². The van der Waals surface area contributed by atoms with Crippen LogP contribution in [-0.4, -0.2) is 29.1 Å². The predicted molar refractivity (Wildman–Crippen MR) is 64.1 cm³/mol. The highest BCUT2D eigenvalue weighted by Crippen LogP contribution is 2.20. The largest absolute Gasteiger partial charge is 0.478 e. The van der Waals surface area contributed by atoms with E-state index in [1.807, 2.05) is 18.9 Å². The predicted octanol–water partition coefficient (Wildman–Crippen LogP) is 2.32. The van der Waals surface area contributed by atoms with Crippen LogP contribution in [0.5, 0.6) is 0 Å². The second-order valence-electron chi connectivity index (χ2n) is 4.00. The van der Waals surface area contributed by atoms with Gasteiger partial charge in [0.2, 0.25) is 0 Å². The molecular weight excluding hydrogens is 204 g/mol. The summed E-state index contributed by atoms with van der Waals surface area (Å²) in [6, 6.07) is 3.60. The van der Waals surface area contributed by atoms with Gasteiger partial charge >= 0.3 is 5.97 Å². The number of aromatic carboxylic acids is 1. The van der Waals surface area contributed by atoms with Gasteiger partial charge in [0.1, 0.15) is 11.4 Å². The lowest BCUT2D eigenvalue weighted by atomic mass is 10.2. The number of carboxylic acids is 1. The molecule has 16 heavy (non-hydrogen) atoms. The molecule has 0 aliphatic rings. The van der Waals surface area contributed by atoms with Crippen molar-refractivity contribution in [3.8, 4) is 0 Å². The number of aryl methyl sites for hydroxylation is 1. The Morgan fingerprint density at radius 3 is 2.69 bits per heavy atom. The van der Waals surface area contributed by atoms with Crippen molar-refractivity contribution in [2.75, 3.05) is 11.9 Å². The van der Waals surface area contributed by atoms with E-state index in [0.717, 1.165) is 12.1 Å². The molecule has 0 amide bonds. The summed E-state index contributed by atoms with van der Waals surface area (Å²) in [5, 5.41) is 9.09. The zero-order valence-electron chi connectivity index (χ0n) is 10.2. The van der Waals surface area contributed by atoms with E-state index in [1.165, 1.54) is 0 Å². The van der Waals surface area contributed by atoms with Crippen LogP contribution in [-0.2, 0) is 0 Å². The third-order valence-corrected chi connectivity index (χ3v) is 2.83. The Hall–Kier alpha value is -1.58. The second kappa shape index (κ2) is 4.96. The van der Waals surface area contributed by atoms with E-state index in [4.69, 9.17) is 5.11 Å². The second-order valence-corrected chi connectivity index (χ2v) is 4.00. The maximum Gasteiger partial charge on any atom is 0.339 e. The minimum atomic E-state index is -0.933. The molecule has 1 rings (SSSR count). The number of carboxylic acid groups (broad SMARTS) is 1. The summed E-state index contributed by atoms with van der Waals surface area (Å²) in [7, 11) is 1.88. The highest BCUT2D eigenvalue weighted by Gasteiger charge is 2.18. The van der Waals surface area contributed by atoms with Crippen molar-refractivity contribution in [2.45, 2.75) is 33.2 Å². The van der Waals surface area contributed by atoms with Crippen LogP contribution >= 0.6 is 0 Å². The average molecular weight is 222 g/mol. The van der Waals surface area contributed by atoms with E-state index in [-0.39, 0.29) is 11.6 Å². The van der Waals surface area contributed by atoms with Gasteiger partial charge in [0, 0.05) is 18.8 Å². The molecular formula is C12H18N2O2. The summed E-state index contributed by atoms with van der Waals surface area (Å²) in [6.45, 7) is 5.98. The standard InChI is InChI=1S/C12H18N2O2/c1-5-9(3)14(4)11-10(12(15)16)7-6-8(2)13-11/h6-7,9H,5H2,1-4H3,(H,15,16). The molecule has 0 radical (unpaired) electrons. The molecule has 0 saturated heterocycles. The van der Waals surface area contributed by atoms with E-state index in [2.05, 4.69) is 18.8 Å². The first-order valence-corrected chi connectivity index (χ1v) is 5.41. The van der Waals surface area contributed by atoms with Crippen LogP contribution in [0.1, 0.15) is 36.3 Å². The van der Waals surface area contributed by atoms with E-state index in [1.54, 1.807) is 12.1 Å². The number of anilines is 1. The lowest BCUT2D eigenvalue weighted by Gasteiger charge is -2.26. The molecule has 0 aliphatic heterocycles. The normalized spacial score (nSPS) is 12.2. The molecule has 0 spiro atoms. The lowest BCUT2D eigenvalue weighted by molar-refractivity contribution is 0.0697. The first-order chi connectivity index (χ1) is 7.47. The summed E-state index contributed by atoms with van der Waals surface area (Å²) in [5.74, 6) is -0.389. The summed E-state index contributed by atoms with van der Waals surface area (Å²) in [6.07, 6.45) is 0.950. The molecule has 1 N–H and O–H groups in total. The third-order valence-electron chi connectivity index (χ3n) is 2.83. The van der Waals surface area contributed by atoms with Crippen molar-refractivity contribution in [1.29, 1.82) is 0 Å². The first kappa shape index (κ1) is 12.5. The quantitative estimate of drug-likeness (QED) is 0.849.